The lowest BCUT2D eigenvalue weighted by Gasteiger charge is -1.87. The van der Waals surface area contributed by atoms with Crippen LogP contribution >= 0.6 is 0 Å². The predicted octanol–water partition coefficient (Wildman–Crippen LogP) is 0.852. The van der Waals surface area contributed by atoms with Gasteiger partial charge >= 0.3 is 5.97 Å². The van der Waals surface area contributed by atoms with E-state index in [0.717, 1.165) is 0 Å². The quantitative estimate of drug-likeness (QED) is 0.564. The van der Waals surface area contributed by atoms with Crippen molar-refractivity contribution in [3.63, 3.8) is 0 Å². The van der Waals surface area contributed by atoms with E-state index >= 15 is 0 Å². The third kappa shape index (κ3) is 6.88. The Morgan fingerprint density at radius 3 is 1.89 bits per heavy atom. The highest BCUT2D eigenvalue weighted by atomic mass is 16.4. The fraction of sp³-hybridized carbons (Fsp3) is 0.333. The van der Waals surface area contributed by atoms with Gasteiger partial charge in [0.2, 0.25) is 0 Å². The average Bonchev–Trinajstić information content (AvgIpc) is 1.91. The van der Waals surface area contributed by atoms with Gasteiger partial charge < -0.3 is 9.90 Å². The Kier molecular flexibility index (Phi) is 8.25. The summed E-state index contributed by atoms with van der Waals surface area (Å²) in [6, 6.07) is 0. The molecule has 9 heavy (non-hydrogen) atoms. The lowest BCUT2D eigenvalue weighted by molar-refractivity contribution is -0.132. The lowest BCUT2D eigenvalue weighted by atomic mass is 10.2. The summed E-state index contributed by atoms with van der Waals surface area (Å²) in [4.78, 5) is 17.8. The minimum atomic E-state index is -0.900. The van der Waals surface area contributed by atoms with Crippen LogP contribution in [0.3, 0.4) is 0 Å². The summed E-state index contributed by atoms with van der Waals surface area (Å²) in [5.74, 6) is -0.900. The minimum Gasteiger partial charge on any atom is -0.478 e. The van der Waals surface area contributed by atoms with E-state index in [2.05, 4.69) is 6.58 Å². The standard InChI is InChI=1S/C5H8O2.CH2O/c1-3-4(2)5(6)7;1-2/h2-3H2,1H3,(H,6,7);1H2. The number of rotatable bonds is 2. The predicted molar refractivity (Wildman–Crippen MR) is 34.2 cm³/mol. The zero-order valence-corrected chi connectivity index (χ0v) is 5.39. The highest BCUT2D eigenvalue weighted by Crippen LogP contribution is 1.93. The highest BCUT2D eigenvalue weighted by Gasteiger charge is 1.96. The number of hydrogen-bond donors (Lipinski definition) is 1. The highest BCUT2D eigenvalue weighted by molar-refractivity contribution is 5.85. The summed E-state index contributed by atoms with van der Waals surface area (Å²) in [6.45, 7) is 7.03. The van der Waals surface area contributed by atoms with E-state index in [9.17, 15) is 4.79 Å². The first-order valence-electron chi connectivity index (χ1n) is 2.38. The van der Waals surface area contributed by atoms with Crippen LogP contribution in [-0.4, -0.2) is 17.9 Å². The molecular weight excluding hydrogens is 120 g/mol. The number of aliphatic carboxylic acids is 1. The second-order valence-corrected chi connectivity index (χ2v) is 1.26. The molecule has 0 rings (SSSR count). The van der Waals surface area contributed by atoms with Crippen LogP contribution in [0.1, 0.15) is 13.3 Å². The molecule has 0 fully saturated rings. The summed E-state index contributed by atoms with van der Waals surface area (Å²) < 4.78 is 0. The molecule has 0 aliphatic carbocycles. The van der Waals surface area contributed by atoms with Crippen molar-refractivity contribution in [1.29, 1.82) is 0 Å². The first kappa shape index (κ1) is 10.8. The van der Waals surface area contributed by atoms with Gasteiger partial charge in [0, 0.05) is 5.57 Å². The molecule has 0 atom stereocenters. The van der Waals surface area contributed by atoms with E-state index in [4.69, 9.17) is 9.90 Å². The van der Waals surface area contributed by atoms with E-state index in [-0.39, 0.29) is 5.57 Å². The summed E-state index contributed by atoms with van der Waals surface area (Å²) in [6.07, 6.45) is 0.523. The van der Waals surface area contributed by atoms with Gasteiger partial charge in [-0.2, -0.15) is 0 Å². The molecule has 1 N–H and O–H groups in total. The second-order valence-electron chi connectivity index (χ2n) is 1.26. The van der Waals surface area contributed by atoms with E-state index in [1.165, 1.54) is 0 Å². The molecule has 3 heteroatoms. The molecular formula is C6H10O3. The lowest BCUT2D eigenvalue weighted by Crippen LogP contribution is -1.95. The van der Waals surface area contributed by atoms with Crippen molar-refractivity contribution in [3.05, 3.63) is 12.2 Å². The maximum absolute atomic E-state index is 9.83. The largest absolute Gasteiger partial charge is 0.478 e. The van der Waals surface area contributed by atoms with Crippen LogP contribution in [0.2, 0.25) is 0 Å². The van der Waals surface area contributed by atoms with Crippen molar-refractivity contribution in [1.82, 2.24) is 0 Å². The van der Waals surface area contributed by atoms with Crippen LogP contribution in [0.5, 0.6) is 0 Å². The molecule has 0 radical (unpaired) electrons. The van der Waals surface area contributed by atoms with Gasteiger partial charge in [-0.1, -0.05) is 13.5 Å². The van der Waals surface area contributed by atoms with E-state index < -0.39 is 5.97 Å². The van der Waals surface area contributed by atoms with Crippen molar-refractivity contribution >= 4 is 12.8 Å². The third-order valence-corrected chi connectivity index (χ3v) is 0.729. The van der Waals surface area contributed by atoms with Gasteiger partial charge in [0.15, 0.2) is 0 Å². The number of carboxylic acid groups (broad SMARTS) is 1. The Bertz CT molecular complexity index is 107. The van der Waals surface area contributed by atoms with Crippen molar-refractivity contribution in [2.24, 2.45) is 0 Å². The van der Waals surface area contributed by atoms with Gasteiger partial charge in [0.1, 0.15) is 6.79 Å². The molecule has 0 aromatic carbocycles. The first-order valence-corrected chi connectivity index (χ1v) is 2.38. The summed E-state index contributed by atoms with van der Waals surface area (Å²) in [5, 5.41) is 8.08. The Hall–Kier alpha value is -1.12. The Morgan fingerprint density at radius 2 is 1.89 bits per heavy atom. The maximum atomic E-state index is 9.83. The summed E-state index contributed by atoms with van der Waals surface area (Å²) in [7, 11) is 0. The zero-order valence-electron chi connectivity index (χ0n) is 5.39. The SMILES string of the molecule is C=C(CC)C(=O)O.C=O. The molecule has 0 saturated carbocycles. The first-order chi connectivity index (χ1) is 4.18. The topological polar surface area (TPSA) is 54.4 Å². The molecule has 0 saturated heterocycles. The molecule has 0 amide bonds. The number of carbonyl (C=O) groups is 2. The van der Waals surface area contributed by atoms with Gasteiger partial charge in [0.05, 0.1) is 0 Å². The smallest absolute Gasteiger partial charge is 0.330 e. The van der Waals surface area contributed by atoms with E-state index in [1.54, 1.807) is 6.92 Å². The third-order valence-electron chi connectivity index (χ3n) is 0.729. The fourth-order valence-corrected chi connectivity index (χ4v) is 0.151. The molecule has 3 nitrogen and oxygen atoms in total. The van der Waals surface area contributed by atoms with Gasteiger partial charge in [0.25, 0.3) is 0 Å². The molecule has 0 heterocycles. The van der Waals surface area contributed by atoms with Crippen molar-refractivity contribution in [2.45, 2.75) is 13.3 Å². The van der Waals surface area contributed by atoms with Crippen molar-refractivity contribution in [2.75, 3.05) is 0 Å². The normalized spacial score (nSPS) is 6.78. The van der Waals surface area contributed by atoms with Gasteiger partial charge in [-0.3, -0.25) is 0 Å². The Morgan fingerprint density at radius 1 is 1.56 bits per heavy atom. The number of hydrogen-bond acceptors (Lipinski definition) is 2. The molecule has 0 bridgehead atoms. The molecule has 0 spiro atoms. The second kappa shape index (κ2) is 6.88. The molecule has 0 unspecified atom stereocenters. The van der Waals surface area contributed by atoms with Crippen molar-refractivity contribution < 1.29 is 14.7 Å². The Labute approximate surface area is 54.0 Å². The van der Waals surface area contributed by atoms with Crippen LogP contribution in [0, 0.1) is 0 Å². The molecule has 0 aliphatic rings. The molecule has 0 aromatic heterocycles. The van der Waals surface area contributed by atoms with Crippen LogP contribution in [0.15, 0.2) is 12.2 Å². The van der Waals surface area contributed by atoms with Crippen LogP contribution in [-0.2, 0) is 9.59 Å². The van der Waals surface area contributed by atoms with E-state index in [1.807, 2.05) is 6.79 Å². The fourth-order valence-electron chi connectivity index (χ4n) is 0.151. The zero-order chi connectivity index (χ0) is 7.86. The van der Waals surface area contributed by atoms with Crippen molar-refractivity contribution in [3.8, 4) is 0 Å². The summed E-state index contributed by atoms with van der Waals surface area (Å²) >= 11 is 0. The summed E-state index contributed by atoms with van der Waals surface area (Å²) in [5.41, 5.74) is 0.264. The van der Waals surface area contributed by atoms with Gasteiger partial charge in [-0.05, 0) is 6.42 Å². The molecule has 52 valence electrons. The minimum absolute atomic E-state index is 0.264. The molecule has 0 aromatic rings. The number of carbonyl (C=O) groups excluding carboxylic acids is 1. The van der Waals surface area contributed by atoms with Crippen LogP contribution in [0.25, 0.3) is 0 Å². The number of carboxylic acids is 1. The van der Waals surface area contributed by atoms with Crippen LogP contribution in [0.4, 0.5) is 0 Å². The van der Waals surface area contributed by atoms with Crippen LogP contribution < -0.4 is 0 Å². The average molecular weight is 130 g/mol. The van der Waals surface area contributed by atoms with Gasteiger partial charge in [-0.15, -0.1) is 0 Å². The molecule has 0 aliphatic heterocycles. The maximum Gasteiger partial charge on any atom is 0.330 e. The van der Waals surface area contributed by atoms with Gasteiger partial charge in [-0.25, -0.2) is 4.79 Å². The monoisotopic (exact) mass is 130 g/mol. The Balaban J connectivity index is 0. The van der Waals surface area contributed by atoms with E-state index in [0.29, 0.717) is 6.42 Å².